The minimum Gasteiger partial charge on any atom is -0.463 e. The van der Waals surface area contributed by atoms with E-state index in [1.54, 1.807) is 91.9 Å². The number of carbonyl (C=O) groups excluding carboxylic acids is 6. The lowest BCUT2D eigenvalue weighted by Crippen LogP contribution is -2.11. The maximum absolute atomic E-state index is 13.1. The number of unbranched alkanes of at least 4 members (excludes halogenated alkanes) is 4. The summed E-state index contributed by atoms with van der Waals surface area (Å²) >= 11 is 0. The van der Waals surface area contributed by atoms with Crippen LogP contribution in [0.15, 0.2) is 116 Å². The van der Waals surface area contributed by atoms with Crippen molar-refractivity contribution < 1.29 is 57.2 Å². The van der Waals surface area contributed by atoms with Crippen molar-refractivity contribution in [1.29, 1.82) is 0 Å². The first-order valence-electron chi connectivity index (χ1n) is 19.1. The molecule has 0 saturated heterocycles. The molecule has 0 heterocycles. The Morgan fingerprint density at radius 2 is 0.898 bits per heavy atom. The Bertz CT molecular complexity index is 2380. The quantitative estimate of drug-likeness (QED) is 0.0319. The van der Waals surface area contributed by atoms with Gasteiger partial charge in [-0.1, -0.05) is 37.4 Å². The fourth-order valence-electron chi connectivity index (χ4n) is 5.88. The third-order valence-corrected chi connectivity index (χ3v) is 8.99. The van der Waals surface area contributed by atoms with Crippen LogP contribution in [0.4, 0.5) is 0 Å². The predicted octanol–water partition coefficient (Wildman–Crippen LogP) is 9.13. The van der Waals surface area contributed by atoms with Gasteiger partial charge in [0.1, 0.15) is 23.0 Å². The van der Waals surface area contributed by atoms with Crippen molar-refractivity contribution in [2.24, 2.45) is 0 Å². The molecular weight excluding hydrogens is 757 g/mol. The van der Waals surface area contributed by atoms with Crippen LogP contribution in [-0.2, 0) is 28.7 Å². The molecule has 0 unspecified atom stereocenters. The maximum Gasteiger partial charge on any atom is 0.343 e. The van der Waals surface area contributed by atoms with E-state index >= 15 is 0 Å². The van der Waals surface area contributed by atoms with E-state index in [4.69, 9.17) is 28.4 Å². The Labute approximate surface area is 341 Å². The Balaban J connectivity index is 1.09. The van der Waals surface area contributed by atoms with Crippen LogP contribution in [0.2, 0.25) is 0 Å². The molecule has 5 rings (SSSR count). The van der Waals surface area contributed by atoms with Gasteiger partial charge in [-0.05, 0) is 139 Å². The SMILES string of the molecule is C=CC(=O)OCCCCCC(=O)Oc1ccc2cc(C(=O)Oc3ccc(OC(=O)c4ccc5cc(OC(=O)CCCCCOC(=O)C=C)ccc5c4)c(C)c3)ccc2c1. The number of esters is 6. The molecule has 0 radical (unpaired) electrons. The number of hydrogen-bond acceptors (Lipinski definition) is 12. The number of aryl methyl sites for hydroxylation is 1. The van der Waals surface area contributed by atoms with Crippen molar-refractivity contribution in [3.63, 3.8) is 0 Å². The van der Waals surface area contributed by atoms with Gasteiger partial charge in [0.05, 0.1) is 24.3 Å². The van der Waals surface area contributed by atoms with E-state index in [2.05, 4.69) is 13.2 Å². The van der Waals surface area contributed by atoms with Crippen LogP contribution in [0, 0.1) is 6.92 Å². The van der Waals surface area contributed by atoms with Gasteiger partial charge in [0.15, 0.2) is 0 Å². The zero-order valence-electron chi connectivity index (χ0n) is 32.7. The highest BCUT2D eigenvalue weighted by Crippen LogP contribution is 2.28. The standard InChI is InChI=1S/C47H44O12/c1-4-42(48)54-24-10-6-8-12-44(50)56-39-20-18-32-27-36(16-14-34(32)29-39)46(52)58-38-22-23-41(31(3)26-38)59-47(53)37-17-15-35-30-40(21-19-33(35)28-37)57-45(51)13-9-7-11-25-55-43(49)5-2/h4-5,14-23,26-30H,1-2,6-13,24-25H2,3H3. The first kappa shape index (κ1) is 43.1. The van der Waals surface area contributed by atoms with Crippen LogP contribution < -0.4 is 18.9 Å². The molecule has 304 valence electrons. The molecule has 0 aliphatic heterocycles. The molecule has 59 heavy (non-hydrogen) atoms. The first-order valence-corrected chi connectivity index (χ1v) is 19.1. The molecule has 0 fully saturated rings. The second-order valence-electron chi connectivity index (χ2n) is 13.5. The van der Waals surface area contributed by atoms with Gasteiger partial charge in [0.2, 0.25) is 0 Å². The molecule has 12 nitrogen and oxygen atoms in total. The van der Waals surface area contributed by atoms with Crippen LogP contribution in [0.1, 0.15) is 77.6 Å². The molecular formula is C47H44O12. The highest BCUT2D eigenvalue weighted by Gasteiger charge is 2.16. The Kier molecular flexibility index (Phi) is 15.6. The van der Waals surface area contributed by atoms with E-state index in [0.717, 1.165) is 33.7 Å². The summed E-state index contributed by atoms with van der Waals surface area (Å²) in [6.07, 6.45) is 6.53. The molecule has 0 saturated carbocycles. The lowest BCUT2D eigenvalue weighted by atomic mass is 10.1. The summed E-state index contributed by atoms with van der Waals surface area (Å²) in [7, 11) is 0. The van der Waals surface area contributed by atoms with Gasteiger partial charge in [0, 0.05) is 25.0 Å². The molecule has 0 bridgehead atoms. The third-order valence-electron chi connectivity index (χ3n) is 8.99. The van der Waals surface area contributed by atoms with Gasteiger partial charge < -0.3 is 28.4 Å². The van der Waals surface area contributed by atoms with Gasteiger partial charge in [-0.15, -0.1) is 0 Å². The van der Waals surface area contributed by atoms with Gasteiger partial charge in [0.25, 0.3) is 0 Å². The first-order chi connectivity index (χ1) is 28.5. The summed E-state index contributed by atoms with van der Waals surface area (Å²) < 4.78 is 32.1. The van der Waals surface area contributed by atoms with Crippen molar-refractivity contribution in [3.05, 3.63) is 133 Å². The smallest absolute Gasteiger partial charge is 0.343 e. The zero-order valence-corrected chi connectivity index (χ0v) is 32.7. The molecule has 0 N–H and O–H groups in total. The van der Waals surface area contributed by atoms with Crippen molar-refractivity contribution in [2.75, 3.05) is 13.2 Å². The lowest BCUT2D eigenvalue weighted by Gasteiger charge is -2.11. The van der Waals surface area contributed by atoms with Gasteiger partial charge >= 0.3 is 35.8 Å². The van der Waals surface area contributed by atoms with E-state index in [9.17, 15) is 28.8 Å². The van der Waals surface area contributed by atoms with Crippen molar-refractivity contribution in [2.45, 2.75) is 58.3 Å². The van der Waals surface area contributed by atoms with E-state index in [1.807, 2.05) is 0 Å². The van der Waals surface area contributed by atoms with E-state index in [1.165, 1.54) is 6.07 Å². The monoisotopic (exact) mass is 800 g/mol. The molecule has 0 aliphatic rings. The Morgan fingerprint density at radius 3 is 1.37 bits per heavy atom. The summed E-state index contributed by atoms with van der Waals surface area (Å²) in [5.41, 5.74) is 1.20. The normalized spacial score (nSPS) is 10.7. The molecule has 5 aromatic rings. The molecule has 0 atom stereocenters. The number of fused-ring (bicyclic) bond motifs is 2. The molecule has 5 aromatic carbocycles. The molecule has 0 aromatic heterocycles. The molecule has 12 heteroatoms. The number of benzene rings is 5. The predicted molar refractivity (Wildman–Crippen MR) is 220 cm³/mol. The van der Waals surface area contributed by atoms with E-state index < -0.39 is 23.9 Å². The van der Waals surface area contributed by atoms with Gasteiger partial charge in [-0.2, -0.15) is 0 Å². The number of rotatable bonds is 20. The summed E-state index contributed by atoms with van der Waals surface area (Å²) in [5.74, 6) is -1.52. The second-order valence-corrected chi connectivity index (χ2v) is 13.5. The van der Waals surface area contributed by atoms with Crippen molar-refractivity contribution in [3.8, 4) is 23.0 Å². The Morgan fingerprint density at radius 1 is 0.475 bits per heavy atom. The van der Waals surface area contributed by atoms with E-state index in [0.29, 0.717) is 72.5 Å². The highest BCUT2D eigenvalue weighted by atomic mass is 16.6. The third kappa shape index (κ3) is 13.2. The zero-order chi connectivity index (χ0) is 42.1. The van der Waals surface area contributed by atoms with Crippen LogP contribution in [0.3, 0.4) is 0 Å². The average molecular weight is 801 g/mol. The number of ether oxygens (including phenoxy) is 6. The van der Waals surface area contributed by atoms with Crippen LogP contribution in [-0.4, -0.2) is 49.0 Å². The fraction of sp³-hybridized carbons (Fsp3) is 0.234. The number of hydrogen-bond donors (Lipinski definition) is 0. The highest BCUT2D eigenvalue weighted by molar-refractivity contribution is 5.98. The fourth-order valence-corrected chi connectivity index (χ4v) is 5.88. The van der Waals surface area contributed by atoms with Crippen molar-refractivity contribution >= 4 is 57.4 Å². The minimum atomic E-state index is -0.583. The summed E-state index contributed by atoms with van der Waals surface area (Å²) in [6.45, 7) is 8.96. The average Bonchev–Trinajstić information content (AvgIpc) is 3.23. The molecule has 0 spiro atoms. The summed E-state index contributed by atoms with van der Waals surface area (Å²) in [4.78, 5) is 73.0. The van der Waals surface area contributed by atoms with Crippen LogP contribution in [0.25, 0.3) is 21.5 Å². The minimum absolute atomic E-state index is 0.221. The second kappa shape index (κ2) is 21.4. The van der Waals surface area contributed by atoms with Crippen LogP contribution in [0.5, 0.6) is 23.0 Å². The summed E-state index contributed by atoms with van der Waals surface area (Å²) in [6, 6.07) is 25.0. The van der Waals surface area contributed by atoms with Gasteiger partial charge in [-0.25, -0.2) is 19.2 Å². The van der Waals surface area contributed by atoms with Crippen molar-refractivity contribution in [1.82, 2.24) is 0 Å². The molecule has 0 aliphatic carbocycles. The topological polar surface area (TPSA) is 158 Å². The molecule has 0 amide bonds. The largest absolute Gasteiger partial charge is 0.463 e. The Hall–Kier alpha value is -7.08. The van der Waals surface area contributed by atoms with E-state index in [-0.39, 0.29) is 43.7 Å². The maximum atomic E-state index is 13.1. The van der Waals surface area contributed by atoms with Gasteiger partial charge in [-0.3, -0.25) is 9.59 Å². The van der Waals surface area contributed by atoms with Crippen LogP contribution >= 0.6 is 0 Å². The lowest BCUT2D eigenvalue weighted by molar-refractivity contribution is -0.138. The number of carbonyl (C=O) groups is 6. The summed E-state index contributed by atoms with van der Waals surface area (Å²) in [5, 5.41) is 3.02.